The van der Waals surface area contributed by atoms with Gasteiger partial charge in [0.25, 0.3) is 0 Å². The second kappa shape index (κ2) is 6.62. The molecule has 0 aromatic heterocycles. The topological polar surface area (TPSA) is 21.3 Å². The molecule has 1 rings (SSSR count). The molecule has 1 aromatic carbocycles. The zero-order chi connectivity index (χ0) is 10.2. The molecule has 14 heavy (non-hydrogen) atoms. The summed E-state index contributed by atoms with van der Waals surface area (Å²) in [7, 11) is 0. The summed E-state index contributed by atoms with van der Waals surface area (Å²) in [6, 6.07) is 8.06. The van der Waals surface area contributed by atoms with Gasteiger partial charge < -0.3 is 10.1 Å². The normalized spacial score (nSPS) is 9.79. The fourth-order valence-corrected chi connectivity index (χ4v) is 1.43. The molecule has 0 atom stereocenters. The highest BCUT2D eigenvalue weighted by molar-refractivity contribution is 9.10. The molecule has 1 aromatic rings. The zero-order valence-electron chi connectivity index (χ0n) is 8.00. The summed E-state index contributed by atoms with van der Waals surface area (Å²) in [6.45, 7) is 5.69. The van der Waals surface area contributed by atoms with Crippen LogP contribution < -0.4 is 5.32 Å². The van der Waals surface area contributed by atoms with Crippen LogP contribution in [0.15, 0.2) is 41.4 Å². The summed E-state index contributed by atoms with van der Waals surface area (Å²) in [5, 5.41) is 3.26. The van der Waals surface area contributed by atoms with Crippen LogP contribution in [0.3, 0.4) is 0 Å². The lowest BCUT2D eigenvalue weighted by Crippen LogP contribution is -2.09. The van der Waals surface area contributed by atoms with Crippen LogP contribution in [0.4, 0.5) is 5.69 Å². The molecular weight excluding hydrogens is 242 g/mol. The van der Waals surface area contributed by atoms with E-state index in [4.69, 9.17) is 4.74 Å². The minimum Gasteiger partial charge on any atom is -0.383 e. The predicted molar refractivity (Wildman–Crippen MR) is 63.6 cm³/mol. The Kier molecular flexibility index (Phi) is 5.33. The van der Waals surface area contributed by atoms with Crippen molar-refractivity contribution < 1.29 is 4.74 Å². The van der Waals surface area contributed by atoms with Gasteiger partial charge in [0.05, 0.1) is 13.2 Å². The van der Waals surface area contributed by atoms with Crippen molar-refractivity contribution in [1.82, 2.24) is 0 Å². The van der Waals surface area contributed by atoms with E-state index in [2.05, 4.69) is 27.8 Å². The van der Waals surface area contributed by atoms with E-state index in [0.29, 0.717) is 13.2 Å². The van der Waals surface area contributed by atoms with Crippen molar-refractivity contribution in [2.24, 2.45) is 0 Å². The first-order valence-electron chi connectivity index (χ1n) is 4.51. The number of hydrogen-bond acceptors (Lipinski definition) is 2. The average molecular weight is 256 g/mol. The highest BCUT2D eigenvalue weighted by atomic mass is 79.9. The molecule has 0 unspecified atom stereocenters. The monoisotopic (exact) mass is 255 g/mol. The van der Waals surface area contributed by atoms with Crippen LogP contribution in [0.2, 0.25) is 0 Å². The Bertz CT molecular complexity index is 288. The van der Waals surface area contributed by atoms with E-state index in [-0.39, 0.29) is 0 Å². The molecule has 76 valence electrons. The number of rotatable bonds is 6. The Hall–Kier alpha value is -0.800. The van der Waals surface area contributed by atoms with Crippen LogP contribution in [0.5, 0.6) is 0 Å². The Labute approximate surface area is 93.1 Å². The minimum atomic E-state index is 0.611. The maximum absolute atomic E-state index is 5.24. The summed E-state index contributed by atoms with van der Waals surface area (Å²) in [4.78, 5) is 0. The molecule has 0 heterocycles. The van der Waals surface area contributed by atoms with E-state index in [0.717, 1.165) is 16.7 Å². The number of anilines is 1. The van der Waals surface area contributed by atoms with Crippen LogP contribution in [0.1, 0.15) is 0 Å². The lowest BCUT2D eigenvalue weighted by Gasteiger charge is -2.06. The smallest absolute Gasteiger partial charge is 0.0645 e. The van der Waals surface area contributed by atoms with Crippen molar-refractivity contribution in [1.29, 1.82) is 0 Å². The van der Waals surface area contributed by atoms with Crippen LogP contribution in [-0.2, 0) is 4.74 Å². The molecular formula is C11H14BrNO. The van der Waals surface area contributed by atoms with Gasteiger partial charge >= 0.3 is 0 Å². The highest BCUT2D eigenvalue weighted by Crippen LogP contribution is 2.14. The van der Waals surface area contributed by atoms with Crippen molar-refractivity contribution in [3.63, 3.8) is 0 Å². The molecule has 0 radical (unpaired) electrons. The zero-order valence-corrected chi connectivity index (χ0v) is 9.59. The number of nitrogens with one attached hydrogen (secondary N) is 1. The standard InChI is InChI=1S/C11H14BrNO/c1-2-7-14-8-6-13-11-5-3-4-10(12)9-11/h2-5,9,13H,1,6-8H2. The summed E-state index contributed by atoms with van der Waals surface area (Å²) in [5.41, 5.74) is 1.10. The van der Waals surface area contributed by atoms with Gasteiger partial charge in [-0.3, -0.25) is 0 Å². The first-order chi connectivity index (χ1) is 6.83. The number of benzene rings is 1. The van der Waals surface area contributed by atoms with Gasteiger partial charge in [-0.1, -0.05) is 28.1 Å². The number of hydrogen-bond donors (Lipinski definition) is 1. The minimum absolute atomic E-state index is 0.611. The second-order valence-corrected chi connectivity index (χ2v) is 3.72. The second-order valence-electron chi connectivity index (χ2n) is 2.80. The summed E-state index contributed by atoms with van der Waals surface area (Å²) in [5.74, 6) is 0. The van der Waals surface area contributed by atoms with Gasteiger partial charge in [-0.25, -0.2) is 0 Å². The van der Waals surface area contributed by atoms with E-state index in [1.807, 2.05) is 24.3 Å². The fourth-order valence-electron chi connectivity index (χ4n) is 1.03. The maximum Gasteiger partial charge on any atom is 0.0645 e. The molecule has 0 saturated carbocycles. The fraction of sp³-hybridized carbons (Fsp3) is 0.273. The van der Waals surface area contributed by atoms with Gasteiger partial charge in [0.15, 0.2) is 0 Å². The first kappa shape index (κ1) is 11.3. The lowest BCUT2D eigenvalue weighted by atomic mass is 10.3. The van der Waals surface area contributed by atoms with E-state index in [9.17, 15) is 0 Å². The molecule has 0 aliphatic carbocycles. The molecule has 0 aliphatic rings. The van der Waals surface area contributed by atoms with Crippen molar-refractivity contribution in [2.75, 3.05) is 25.1 Å². The van der Waals surface area contributed by atoms with Gasteiger partial charge in [0, 0.05) is 16.7 Å². The molecule has 0 fully saturated rings. The van der Waals surface area contributed by atoms with Gasteiger partial charge in [-0.15, -0.1) is 6.58 Å². The molecule has 2 nitrogen and oxygen atoms in total. The van der Waals surface area contributed by atoms with Gasteiger partial charge in [0.1, 0.15) is 0 Å². The molecule has 1 N–H and O–H groups in total. The van der Waals surface area contributed by atoms with E-state index in [1.54, 1.807) is 6.08 Å². The van der Waals surface area contributed by atoms with Gasteiger partial charge in [-0.05, 0) is 18.2 Å². The van der Waals surface area contributed by atoms with Crippen molar-refractivity contribution >= 4 is 21.6 Å². The number of halogens is 1. The van der Waals surface area contributed by atoms with Crippen LogP contribution in [0.25, 0.3) is 0 Å². The van der Waals surface area contributed by atoms with Crippen LogP contribution >= 0.6 is 15.9 Å². The lowest BCUT2D eigenvalue weighted by molar-refractivity contribution is 0.173. The molecule has 0 spiro atoms. The highest BCUT2D eigenvalue weighted by Gasteiger charge is 1.91. The average Bonchev–Trinajstić information content (AvgIpc) is 2.18. The summed E-state index contributed by atoms with van der Waals surface area (Å²) >= 11 is 3.41. The quantitative estimate of drug-likeness (QED) is 0.623. The molecule has 0 saturated heterocycles. The van der Waals surface area contributed by atoms with E-state index < -0.39 is 0 Å². The first-order valence-corrected chi connectivity index (χ1v) is 5.30. The SMILES string of the molecule is C=CCOCCNc1cccc(Br)c1. The van der Waals surface area contributed by atoms with Crippen LogP contribution in [0, 0.1) is 0 Å². The third-order valence-corrected chi connectivity index (χ3v) is 2.13. The van der Waals surface area contributed by atoms with Gasteiger partial charge in [0.2, 0.25) is 0 Å². The molecule has 0 aliphatic heterocycles. The maximum atomic E-state index is 5.24. The molecule has 0 amide bonds. The van der Waals surface area contributed by atoms with Crippen molar-refractivity contribution in [3.05, 3.63) is 41.4 Å². The largest absolute Gasteiger partial charge is 0.383 e. The summed E-state index contributed by atoms with van der Waals surface area (Å²) in [6.07, 6.45) is 1.75. The Balaban J connectivity index is 2.21. The van der Waals surface area contributed by atoms with Gasteiger partial charge in [-0.2, -0.15) is 0 Å². The van der Waals surface area contributed by atoms with E-state index in [1.165, 1.54) is 0 Å². The Morgan fingerprint density at radius 1 is 1.50 bits per heavy atom. The van der Waals surface area contributed by atoms with Crippen LogP contribution in [-0.4, -0.2) is 19.8 Å². The van der Waals surface area contributed by atoms with E-state index >= 15 is 0 Å². The molecule has 3 heteroatoms. The Morgan fingerprint density at radius 2 is 2.36 bits per heavy atom. The third-order valence-electron chi connectivity index (χ3n) is 1.64. The third kappa shape index (κ3) is 4.44. The molecule has 0 bridgehead atoms. The van der Waals surface area contributed by atoms with Crippen molar-refractivity contribution in [2.45, 2.75) is 0 Å². The van der Waals surface area contributed by atoms with Crippen molar-refractivity contribution in [3.8, 4) is 0 Å². The predicted octanol–water partition coefficient (Wildman–Crippen LogP) is 3.06. The summed E-state index contributed by atoms with van der Waals surface area (Å²) < 4.78 is 6.32. The Morgan fingerprint density at radius 3 is 3.07 bits per heavy atom. The number of ether oxygens (including phenoxy) is 1.